The fourth-order valence-electron chi connectivity index (χ4n) is 3.38. The van der Waals surface area contributed by atoms with Gasteiger partial charge in [-0.15, -0.1) is 0 Å². The van der Waals surface area contributed by atoms with Gasteiger partial charge in [-0.3, -0.25) is 4.79 Å². The Morgan fingerprint density at radius 1 is 1.03 bits per heavy atom. The molecule has 0 N–H and O–H groups in total. The number of anilines is 1. The minimum Gasteiger partial charge on any atom is -0.467 e. The Morgan fingerprint density at radius 2 is 1.74 bits per heavy atom. The molecule has 1 amide bonds. The van der Waals surface area contributed by atoms with Crippen molar-refractivity contribution in [3.05, 3.63) is 94.8 Å². The van der Waals surface area contributed by atoms with E-state index in [9.17, 15) is 14.0 Å². The number of amides is 1. The Hall–Kier alpha value is -3.71. The van der Waals surface area contributed by atoms with Crippen molar-refractivity contribution in [2.75, 3.05) is 18.7 Å². The molecule has 1 aliphatic rings. The first-order valence-electron chi connectivity index (χ1n) is 9.65. The first kappa shape index (κ1) is 20.6. The number of ether oxygens (including phenoxy) is 3. The second-order valence-electron chi connectivity index (χ2n) is 6.99. The van der Waals surface area contributed by atoms with Gasteiger partial charge in [-0.05, 0) is 36.4 Å². The lowest BCUT2D eigenvalue weighted by Crippen LogP contribution is -2.28. The number of hydrogen-bond acceptors (Lipinski definition) is 5. The third-order valence-electron chi connectivity index (χ3n) is 4.94. The zero-order chi connectivity index (χ0) is 21.8. The van der Waals surface area contributed by atoms with Gasteiger partial charge in [0.1, 0.15) is 18.2 Å². The van der Waals surface area contributed by atoms with Crippen LogP contribution in [0.5, 0.6) is 5.75 Å². The topological polar surface area (TPSA) is 65.1 Å². The average molecular weight is 421 g/mol. The predicted molar refractivity (Wildman–Crippen MR) is 111 cm³/mol. The van der Waals surface area contributed by atoms with Crippen molar-refractivity contribution < 1.29 is 28.2 Å². The molecular weight excluding hydrogens is 401 g/mol. The van der Waals surface area contributed by atoms with Crippen LogP contribution in [0.3, 0.4) is 0 Å². The third-order valence-corrected chi connectivity index (χ3v) is 4.94. The van der Waals surface area contributed by atoms with Crippen molar-refractivity contribution in [2.45, 2.75) is 13.2 Å². The molecule has 158 valence electrons. The number of carbonyl (C=O) groups excluding carboxylic acids is 2. The summed E-state index contributed by atoms with van der Waals surface area (Å²) in [6.45, 7) is 0.0654. The molecule has 6 nitrogen and oxygen atoms in total. The number of carbonyl (C=O) groups is 2. The molecule has 4 rings (SSSR count). The van der Waals surface area contributed by atoms with Crippen LogP contribution in [0.4, 0.5) is 10.1 Å². The van der Waals surface area contributed by atoms with Gasteiger partial charge in [0, 0.05) is 23.9 Å². The summed E-state index contributed by atoms with van der Waals surface area (Å²) in [4.78, 5) is 27.3. The van der Waals surface area contributed by atoms with Gasteiger partial charge in [0.05, 0.1) is 17.7 Å². The standard InChI is InChI=1S/C24H20FNO5/c1-26(19-7-3-2-4-8-19)23(27)20-9-5-6-10-21(20)24(28)30-14-17-12-18(25)11-16-13-29-15-31-22(16)17/h2-12H,13-15H2,1H3. The van der Waals surface area contributed by atoms with E-state index in [0.29, 0.717) is 22.6 Å². The van der Waals surface area contributed by atoms with Gasteiger partial charge < -0.3 is 19.1 Å². The van der Waals surface area contributed by atoms with Gasteiger partial charge in [0.25, 0.3) is 5.91 Å². The fraction of sp³-hybridized carbons (Fsp3) is 0.167. The van der Waals surface area contributed by atoms with E-state index in [4.69, 9.17) is 14.2 Å². The van der Waals surface area contributed by atoms with Crippen LogP contribution in [0.15, 0.2) is 66.7 Å². The number of para-hydroxylation sites is 1. The minimum atomic E-state index is -0.685. The van der Waals surface area contributed by atoms with E-state index in [0.717, 1.165) is 0 Å². The Labute approximate surface area is 178 Å². The molecule has 3 aromatic rings. The van der Waals surface area contributed by atoms with Crippen LogP contribution in [-0.4, -0.2) is 25.7 Å². The van der Waals surface area contributed by atoms with Crippen LogP contribution in [0.1, 0.15) is 31.8 Å². The molecule has 0 saturated heterocycles. The van der Waals surface area contributed by atoms with E-state index in [1.165, 1.54) is 23.1 Å². The monoisotopic (exact) mass is 421 g/mol. The number of fused-ring (bicyclic) bond motifs is 1. The molecule has 7 heteroatoms. The molecule has 0 atom stereocenters. The maximum Gasteiger partial charge on any atom is 0.339 e. The van der Waals surface area contributed by atoms with Crippen LogP contribution in [0, 0.1) is 5.82 Å². The van der Waals surface area contributed by atoms with E-state index in [-0.39, 0.29) is 37.0 Å². The number of benzene rings is 3. The smallest absolute Gasteiger partial charge is 0.339 e. The SMILES string of the molecule is CN(C(=O)c1ccccc1C(=O)OCc1cc(F)cc2c1OCOC2)c1ccccc1. The molecule has 0 unspecified atom stereocenters. The van der Waals surface area contributed by atoms with Crippen molar-refractivity contribution in [1.29, 1.82) is 0 Å². The molecule has 0 saturated carbocycles. The summed E-state index contributed by atoms with van der Waals surface area (Å²) in [6.07, 6.45) is 0. The first-order valence-corrected chi connectivity index (χ1v) is 9.65. The summed E-state index contributed by atoms with van der Waals surface area (Å²) in [7, 11) is 1.64. The van der Waals surface area contributed by atoms with Crippen LogP contribution in [-0.2, 0) is 22.7 Å². The van der Waals surface area contributed by atoms with Gasteiger partial charge in [-0.1, -0.05) is 30.3 Å². The van der Waals surface area contributed by atoms with Crippen LogP contribution >= 0.6 is 0 Å². The van der Waals surface area contributed by atoms with E-state index >= 15 is 0 Å². The lowest BCUT2D eigenvalue weighted by molar-refractivity contribution is -0.0183. The zero-order valence-electron chi connectivity index (χ0n) is 16.8. The third kappa shape index (κ3) is 4.41. The molecule has 0 aliphatic carbocycles. The Bertz CT molecular complexity index is 1120. The molecule has 1 aliphatic heterocycles. The van der Waals surface area contributed by atoms with Crippen LogP contribution in [0.25, 0.3) is 0 Å². The van der Waals surface area contributed by atoms with Crippen molar-refractivity contribution in [3.63, 3.8) is 0 Å². The highest BCUT2D eigenvalue weighted by Gasteiger charge is 2.23. The Morgan fingerprint density at radius 3 is 2.52 bits per heavy atom. The van der Waals surface area contributed by atoms with Gasteiger partial charge in [0.15, 0.2) is 6.79 Å². The van der Waals surface area contributed by atoms with E-state index < -0.39 is 11.8 Å². The van der Waals surface area contributed by atoms with Crippen molar-refractivity contribution >= 4 is 17.6 Å². The maximum atomic E-state index is 13.9. The van der Waals surface area contributed by atoms with E-state index in [2.05, 4.69) is 0 Å². The fourth-order valence-corrected chi connectivity index (χ4v) is 3.38. The highest BCUT2D eigenvalue weighted by molar-refractivity contribution is 6.11. The van der Waals surface area contributed by atoms with Gasteiger partial charge in [0.2, 0.25) is 0 Å². The Balaban J connectivity index is 1.54. The number of rotatable bonds is 5. The molecule has 0 fully saturated rings. The molecule has 1 heterocycles. The lowest BCUT2D eigenvalue weighted by atomic mass is 10.1. The van der Waals surface area contributed by atoms with Gasteiger partial charge in [-0.25, -0.2) is 9.18 Å². The minimum absolute atomic E-state index is 0.0444. The summed E-state index contributed by atoms with van der Waals surface area (Å²) in [5.74, 6) is -1.05. The molecule has 0 radical (unpaired) electrons. The zero-order valence-corrected chi connectivity index (χ0v) is 16.8. The summed E-state index contributed by atoms with van der Waals surface area (Å²) < 4.78 is 29.9. The molecule has 0 spiro atoms. The summed E-state index contributed by atoms with van der Waals surface area (Å²) in [6, 6.07) is 18.1. The molecule has 0 bridgehead atoms. The first-order chi connectivity index (χ1) is 15.0. The van der Waals surface area contributed by atoms with Crippen molar-refractivity contribution in [3.8, 4) is 5.75 Å². The Kier molecular flexibility index (Phi) is 5.95. The number of nitrogens with zero attached hydrogens (tertiary/aromatic N) is 1. The summed E-state index contributed by atoms with van der Waals surface area (Å²) >= 11 is 0. The number of esters is 1. The van der Waals surface area contributed by atoms with E-state index in [1.807, 2.05) is 18.2 Å². The summed E-state index contributed by atoms with van der Waals surface area (Å²) in [5.41, 5.74) is 1.99. The summed E-state index contributed by atoms with van der Waals surface area (Å²) in [5, 5.41) is 0. The quantitative estimate of drug-likeness (QED) is 0.574. The molecule has 31 heavy (non-hydrogen) atoms. The number of halogens is 1. The molecular formula is C24H20FNO5. The lowest BCUT2D eigenvalue weighted by Gasteiger charge is -2.21. The highest BCUT2D eigenvalue weighted by atomic mass is 19.1. The average Bonchev–Trinajstić information content (AvgIpc) is 2.81. The van der Waals surface area contributed by atoms with E-state index in [1.54, 1.807) is 37.4 Å². The second-order valence-corrected chi connectivity index (χ2v) is 6.99. The molecule has 0 aromatic heterocycles. The van der Waals surface area contributed by atoms with Gasteiger partial charge in [-0.2, -0.15) is 0 Å². The highest BCUT2D eigenvalue weighted by Crippen LogP contribution is 2.30. The van der Waals surface area contributed by atoms with Crippen molar-refractivity contribution in [1.82, 2.24) is 0 Å². The van der Waals surface area contributed by atoms with Crippen LogP contribution in [0.2, 0.25) is 0 Å². The molecule has 3 aromatic carbocycles. The number of hydrogen-bond donors (Lipinski definition) is 0. The van der Waals surface area contributed by atoms with Crippen molar-refractivity contribution in [2.24, 2.45) is 0 Å². The van der Waals surface area contributed by atoms with Crippen LogP contribution < -0.4 is 9.64 Å². The van der Waals surface area contributed by atoms with Gasteiger partial charge >= 0.3 is 5.97 Å². The second kappa shape index (κ2) is 8.97. The largest absolute Gasteiger partial charge is 0.467 e. The normalized spacial score (nSPS) is 12.5. The predicted octanol–water partition coefficient (Wildman–Crippen LogP) is 4.33. The maximum absolute atomic E-state index is 13.9.